The molecule has 0 aromatic heterocycles. The smallest absolute Gasteiger partial charge is 0.432 e. The van der Waals surface area contributed by atoms with E-state index in [1.54, 1.807) is 24.3 Å². The molecule has 0 aliphatic heterocycles. The van der Waals surface area contributed by atoms with Gasteiger partial charge in [0.05, 0.1) is 11.0 Å². The van der Waals surface area contributed by atoms with E-state index in [4.69, 9.17) is 4.74 Å². The Morgan fingerprint density at radius 3 is 2.03 bits per heavy atom. The zero-order chi connectivity index (χ0) is 29.2. The lowest BCUT2D eigenvalue weighted by Gasteiger charge is -2.59. The molecule has 4 aliphatic carbocycles. The van der Waals surface area contributed by atoms with Crippen LogP contribution >= 0.6 is 0 Å². The van der Waals surface area contributed by atoms with Crippen molar-refractivity contribution in [2.24, 2.45) is 17.3 Å². The molecular weight excluding hydrogens is 551 g/mol. The second-order valence-corrected chi connectivity index (χ2v) is 13.4. The van der Waals surface area contributed by atoms with Crippen LogP contribution in [0.3, 0.4) is 0 Å². The van der Waals surface area contributed by atoms with Crippen LogP contribution in [-0.2, 0) is 29.8 Å². The van der Waals surface area contributed by atoms with E-state index < -0.39 is 50.6 Å². The van der Waals surface area contributed by atoms with Crippen LogP contribution in [0.25, 0.3) is 0 Å². The van der Waals surface area contributed by atoms with Crippen LogP contribution in [0.15, 0.2) is 24.3 Å². The fourth-order valence-electron chi connectivity index (χ4n) is 6.74. The van der Waals surface area contributed by atoms with Crippen LogP contribution in [0.1, 0.15) is 81.6 Å². The quantitative estimate of drug-likeness (QED) is 0.227. The van der Waals surface area contributed by atoms with Gasteiger partial charge in [0.15, 0.2) is 10.1 Å². The number of hydrogen-bond donors (Lipinski definition) is 0. The van der Waals surface area contributed by atoms with Gasteiger partial charge in [0.2, 0.25) is 0 Å². The normalized spacial score (nSPS) is 29.7. The Kier molecular flexibility index (Phi) is 7.15. The number of esters is 2. The van der Waals surface area contributed by atoms with E-state index in [1.165, 1.54) is 0 Å². The van der Waals surface area contributed by atoms with Crippen molar-refractivity contribution in [2.75, 3.05) is 0 Å². The van der Waals surface area contributed by atoms with Gasteiger partial charge in [-0.25, -0.2) is 13.2 Å². The van der Waals surface area contributed by atoms with Crippen molar-refractivity contribution in [2.45, 2.75) is 94.3 Å². The summed E-state index contributed by atoms with van der Waals surface area (Å²) >= 11 is 0. The molecule has 4 bridgehead atoms. The van der Waals surface area contributed by atoms with Crippen molar-refractivity contribution in [3.63, 3.8) is 0 Å². The molecule has 0 amide bonds. The average Bonchev–Trinajstić information content (AvgIpc) is 2.79. The number of hydrogen-bond acceptors (Lipinski definition) is 7. The first-order chi connectivity index (χ1) is 17.7. The molecule has 3 atom stereocenters. The van der Waals surface area contributed by atoms with Crippen molar-refractivity contribution in [3.05, 3.63) is 35.4 Å². The zero-order valence-corrected chi connectivity index (χ0v) is 22.5. The van der Waals surface area contributed by atoms with Gasteiger partial charge in [0.25, 0.3) is 6.10 Å². The van der Waals surface area contributed by atoms with E-state index in [1.807, 2.05) is 6.92 Å². The molecule has 4 saturated carbocycles. The van der Waals surface area contributed by atoms with Crippen LogP contribution in [-0.4, -0.2) is 48.0 Å². The van der Waals surface area contributed by atoms with E-state index in [2.05, 4.69) is 18.6 Å². The number of alkyl halides is 5. The third-order valence-corrected chi connectivity index (χ3v) is 9.58. The Labute approximate surface area is 223 Å². The highest BCUT2D eigenvalue weighted by Crippen LogP contribution is 2.63. The molecule has 0 saturated heterocycles. The van der Waals surface area contributed by atoms with Gasteiger partial charge in [-0.3, -0.25) is 4.79 Å². The van der Waals surface area contributed by atoms with Crippen molar-refractivity contribution in [1.82, 2.24) is 0 Å². The molecule has 4 fully saturated rings. The summed E-state index contributed by atoms with van der Waals surface area (Å²) in [6.45, 7) is 6.15. The molecule has 0 heterocycles. The lowest BCUT2D eigenvalue weighted by atomic mass is 9.48. The Morgan fingerprint density at radius 2 is 1.56 bits per heavy atom. The molecule has 0 spiro atoms. The highest BCUT2D eigenvalue weighted by molar-refractivity contribution is 7.86. The van der Waals surface area contributed by atoms with Crippen molar-refractivity contribution < 1.29 is 54.0 Å². The minimum atomic E-state index is -6.81. The fourth-order valence-corrected chi connectivity index (χ4v) is 7.19. The van der Waals surface area contributed by atoms with E-state index >= 15 is 0 Å². The molecule has 0 radical (unpaired) electrons. The number of benzene rings is 1. The van der Waals surface area contributed by atoms with Crippen molar-refractivity contribution in [1.29, 1.82) is 0 Å². The molecule has 13 heteroatoms. The maximum atomic E-state index is 14.0. The van der Waals surface area contributed by atoms with Gasteiger partial charge < -0.3 is 14.0 Å². The number of halogens is 5. The Balaban J connectivity index is 1.58. The summed E-state index contributed by atoms with van der Waals surface area (Å²) in [6.07, 6.45) is -8.53. The molecule has 39 heavy (non-hydrogen) atoms. The van der Waals surface area contributed by atoms with E-state index in [0.717, 1.165) is 12.0 Å². The molecule has 0 N–H and O–H groups in total. The summed E-state index contributed by atoms with van der Waals surface area (Å²) in [5.74, 6) is -2.84. The number of carbonyl (C=O) groups excluding carboxylic acids is 2. The summed E-state index contributed by atoms with van der Waals surface area (Å²) in [5.41, 5.74) is -1.77. The van der Waals surface area contributed by atoms with Gasteiger partial charge >= 0.3 is 23.4 Å². The highest BCUT2D eigenvalue weighted by Gasteiger charge is 2.67. The molecule has 3 unspecified atom stereocenters. The predicted molar refractivity (Wildman–Crippen MR) is 126 cm³/mol. The van der Waals surface area contributed by atoms with Gasteiger partial charge in [-0.05, 0) is 73.5 Å². The molecular formula is C26H30F5O7S-. The minimum Gasteiger partial charge on any atom is -0.743 e. The van der Waals surface area contributed by atoms with Crippen molar-refractivity contribution in [3.8, 4) is 0 Å². The Bertz CT molecular complexity index is 1230. The summed E-state index contributed by atoms with van der Waals surface area (Å²) in [5, 5.41) is -5.92. The van der Waals surface area contributed by atoms with E-state index in [-0.39, 0.29) is 42.1 Å². The van der Waals surface area contributed by atoms with Crippen LogP contribution in [0.5, 0.6) is 0 Å². The monoisotopic (exact) mass is 581 g/mol. The first kappa shape index (κ1) is 29.7. The summed E-state index contributed by atoms with van der Waals surface area (Å²) in [4.78, 5) is 26.2. The van der Waals surface area contributed by atoms with E-state index in [9.17, 15) is 44.5 Å². The second-order valence-electron chi connectivity index (χ2n) is 12.0. The average molecular weight is 582 g/mol. The molecule has 1 aromatic rings. The maximum Gasteiger partial charge on any atom is 0.432 e. The zero-order valence-electron chi connectivity index (χ0n) is 21.6. The SMILES string of the molecule is CCC(C)(C)c1ccc(C(=O)OC23CC4CC(C2)CC(C(=O)OC(C(F)(F)F)C(F)(F)S(=O)(=O)[O-])(C4)C3)cc1. The van der Waals surface area contributed by atoms with Crippen LogP contribution in [0.2, 0.25) is 0 Å². The topological polar surface area (TPSA) is 110 Å². The lowest BCUT2D eigenvalue weighted by Crippen LogP contribution is -2.61. The molecule has 4 aliphatic rings. The molecule has 1 aromatic carbocycles. The summed E-state index contributed by atoms with van der Waals surface area (Å²) in [6, 6.07) is 6.83. The van der Waals surface area contributed by atoms with E-state index in [0.29, 0.717) is 19.3 Å². The molecule has 7 nitrogen and oxygen atoms in total. The van der Waals surface area contributed by atoms with Gasteiger partial charge in [0.1, 0.15) is 5.60 Å². The van der Waals surface area contributed by atoms with Crippen LogP contribution in [0, 0.1) is 17.3 Å². The van der Waals surface area contributed by atoms with Gasteiger partial charge in [0, 0.05) is 6.42 Å². The number of rotatable bonds is 8. The van der Waals surface area contributed by atoms with Crippen LogP contribution in [0.4, 0.5) is 22.0 Å². The lowest BCUT2D eigenvalue weighted by molar-refractivity contribution is -0.269. The first-order valence-corrected chi connectivity index (χ1v) is 14.1. The fraction of sp³-hybridized carbons (Fsp3) is 0.692. The largest absolute Gasteiger partial charge is 0.743 e. The summed E-state index contributed by atoms with van der Waals surface area (Å²) in [7, 11) is -6.81. The Morgan fingerprint density at radius 1 is 1.03 bits per heavy atom. The third kappa shape index (κ3) is 5.40. The van der Waals surface area contributed by atoms with Crippen molar-refractivity contribution >= 4 is 22.1 Å². The first-order valence-electron chi connectivity index (χ1n) is 12.7. The van der Waals surface area contributed by atoms with Gasteiger partial charge in [-0.15, -0.1) is 0 Å². The summed E-state index contributed by atoms with van der Waals surface area (Å²) < 4.78 is 111. The minimum absolute atomic E-state index is 0.0166. The number of carbonyl (C=O) groups is 2. The third-order valence-electron chi connectivity index (χ3n) is 8.70. The molecule has 5 rings (SSSR count). The van der Waals surface area contributed by atoms with Gasteiger partial charge in [-0.1, -0.05) is 32.9 Å². The Hall–Kier alpha value is -2.28. The standard InChI is InChI=1S/C26H31F5O7S/c1-4-22(2,3)18-7-5-17(6-8-18)19(32)38-24-12-15-9-16(13-24)11-23(10-15,14-24)21(33)37-20(25(27,28)29)26(30,31)39(34,35)36/h5-8,15-16,20H,4,9-14H2,1-3H3,(H,34,35,36)/p-1. The number of ether oxygens (including phenoxy) is 2. The molecule has 218 valence electrons. The predicted octanol–water partition coefficient (Wildman–Crippen LogP) is 5.48. The maximum absolute atomic E-state index is 14.0. The second kappa shape index (κ2) is 9.39. The van der Waals surface area contributed by atoms with Gasteiger partial charge in [-0.2, -0.15) is 22.0 Å². The van der Waals surface area contributed by atoms with Crippen LogP contribution < -0.4 is 0 Å². The highest BCUT2D eigenvalue weighted by atomic mass is 32.2.